The molecule has 8 nitrogen and oxygen atoms in total. The minimum absolute atomic E-state index is 0.0208. The Labute approximate surface area is 239 Å². The number of carboxylic acids is 1. The topological polar surface area (TPSA) is 113 Å². The second-order valence-corrected chi connectivity index (χ2v) is 13.1. The molecule has 0 radical (unpaired) electrons. The molecule has 2 aliphatic carbocycles. The number of thiophene rings is 1. The number of anilines is 1. The van der Waals surface area contributed by atoms with E-state index >= 15 is 0 Å². The van der Waals surface area contributed by atoms with E-state index < -0.39 is 5.97 Å². The zero-order valence-electron chi connectivity index (χ0n) is 24.0. The fourth-order valence-corrected chi connectivity index (χ4v) is 6.19. The Morgan fingerprint density at radius 1 is 1.20 bits per heavy atom. The van der Waals surface area contributed by atoms with Gasteiger partial charge < -0.3 is 14.7 Å². The molecule has 2 aliphatic rings. The molecule has 1 fully saturated rings. The Kier molecular flexibility index (Phi) is 9.19. The van der Waals surface area contributed by atoms with Gasteiger partial charge in [0.15, 0.2) is 0 Å². The van der Waals surface area contributed by atoms with Crippen molar-refractivity contribution in [1.29, 1.82) is 0 Å². The number of aromatic carboxylic acids is 1. The molecular formula is C31H39N3O5S. The number of carbonyl (C=O) groups excluding carboxylic acids is 1. The lowest BCUT2D eigenvalue weighted by molar-refractivity contribution is -0.124. The van der Waals surface area contributed by atoms with E-state index in [4.69, 9.17) is 4.74 Å². The van der Waals surface area contributed by atoms with Gasteiger partial charge >= 0.3 is 5.97 Å². The Morgan fingerprint density at radius 3 is 2.58 bits per heavy atom. The van der Waals surface area contributed by atoms with E-state index in [0.717, 1.165) is 24.2 Å². The van der Waals surface area contributed by atoms with Gasteiger partial charge in [-0.3, -0.25) is 14.6 Å². The predicted molar refractivity (Wildman–Crippen MR) is 157 cm³/mol. The standard InChI is InChI=1S/C31H39N3O5S/c1-19-6-8-20(2)24(13-7-19)28(36)34(25-18-23(14-16-31(3,4)5)40-27(25)29(37)38)21-9-11-22(12-10-21)39-30-32-17-15-26(35)33-30/h7,15,17-18,20-22,24H,6,8-13H2,1-5H3,(H,37,38)(H,32,33,35). The molecule has 0 aromatic carbocycles. The summed E-state index contributed by atoms with van der Waals surface area (Å²) in [6.45, 7) is 10.2. The fourth-order valence-electron chi connectivity index (χ4n) is 5.35. The zero-order valence-corrected chi connectivity index (χ0v) is 24.8. The molecule has 2 N–H and O–H groups in total. The summed E-state index contributed by atoms with van der Waals surface area (Å²) in [5.41, 5.74) is 1.22. The molecule has 214 valence electrons. The Hall–Kier alpha value is -3.38. The summed E-state index contributed by atoms with van der Waals surface area (Å²) >= 11 is 1.13. The summed E-state index contributed by atoms with van der Waals surface area (Å²) in [5.74, 6) is 5.21. The number of hydrogen-bond acceptors (Lipinski definition) is 6. The molecule has 40 heavy (non-hydrogen) atoms. The minimum atomic E-state index is -1.05. The SMILES string of the molecule is CC1=CCC(C(=O)N(c2cc(C#CC(C)(C)C)sc2C(=O)O)C2CCC(Oc3nccc(=O)[nH]3)CC2)C(C)CC1. The molecule has 1 amide bonds. The van der Waals surface area contributed by atoms with Crippen molar-refractivity contribution in [3.05, 3.63) is 50.1 Å². The molecule has 2 heterocycles. The molecule has 0 spiro atoms. The molecular weight excluding hydrogens is 526 g/mol. The van der Waals surface area contributed by atoms with Crippen LogP contribution in [0.25, 0.3) is 0 Å². The number of hydrogen-bond donors (Lipinski definition) is 2. The van der Waals surface area contributed by atoms with Gasteiger partial charge in [0.2, 0.25) is 5.91 Å². The number of amides is 1. The molecule has 4 rings (SSSR count). The average Bonchev–Trinajstić information content (AvgIpc) is 3.23. The lowest BCUT2D eigenvalue weighted by atomic mass is 9.85. The number of nitrogens with one attached hydrogen (secondary N) is 1. The lowest BCUT2D eigenvalue weighted by Crippen LogP contribution is -2.48. The molecule has 2 unspecified atom stereocenters. The second-order valence-electron chi connectivity index (χ2n) is 12.0. The van der Waals surface area contributed by atoms with E-state index in [2.05, 4.69) is 41.7 Å². The maximum absolute atomic E-state index is 14.4. The van der Waals surface area contributed by atoms with Crippen LogP contribution in [0.2, 0.25) is 0 Å². The molecule has 0 saturated heterocycles. The number of carboxylic acid groups (broad SMARTS) is 1. The Balaban J connectivity index is 1.66. The summed E-state index contributed by atoms with van der Waals surface area (Å²) < 4.78 is 5.93. The van der Waals surface area contributed by atoms with E-state index in [1.807, 2.05) is 20.8 Å². The van der Waals surface area contributed by atoms with Crippen LogP contribution in [0.5, 0.6) is 6.01 Å². The van der Waals surface area contributed by atoms with E-state index in [9.17, 15) is 19.5 Å². The number of ether oxygens (including phenoxy) is 1. The van der Waals surface area contributed by atoms with Crippen LogP contribution in [0.4, 0.5) is 5.69 Å². The van der Waals surface area contributed by atoms with E-state index in [1.54, 1.807) is 11.0 Å². The van der Waals surface area contributed by atoms with Gasteiger partial charge in [0.1, 0.15) is 11.0 Å². The van der Waals surface area contributed by atoms with Crippen LogP contribution in [0, 0.1) is 29.1 Å². The highest BCUT2D eigenvalue weighted by Crippen LogP contribution is 2.39. The number of H-pyrrole nitrogens is 1. The first-order valence-corrected chi connectivity index (χ1v) is 14.8. The first-order valence-electron chi connectivity index (χ1n) is 14.0. The van der Waals surface area contributed by atoms with E-state index in [0.29, 0.717) is 42.7 Å². The van der Waals surface area contributed by atoms with Gasteiger partial charge in [0.25, 0.3) is 11.6 Å². The number of allylic oxidation sites excluding steroid dienone is 2. The van der Waals surface area contributed by atoms with E-state index in [-0.39, 0.29) is 51.8 Å². The normalized spacial score (nSPS) is 23.3. The lowest BCUT2D eigenvalue weighted by Gasteiger charge is -2.39. The maximum atomic E-state index is 14.4. The third kappa shape index (κ3) is 7.42. The molecule has 2 atom stereocenters. The predicted octanol–water partition coefficient (Wildman–Crippen LogP) is 6.03. The van der Waals surface area contributed by atoms with Crippen molar-refractivity contribution in [2.45, 2.75) is 91.7 Å². The van der Waals surface area contributed by atoms with Crippen molar-refractivity contribution in [3.63, 3.8) is 0 Å². The highest BCUT2D eigenvalue weighted by molar-refractivity contribution is 7.15. The fraction of sp³-hybridized carbons (Fsp3) is 0.548. The minimum Gasteiger partial charge on any atom is -0.477 e. The number of carbonyl (C=O) groups is 2. The largest absolute Gasteiger partial charge is 0.477 e. The monoisotopic (exact) mass is 565 g/mol. The van der Waals surface area contributed by atoms with E-state index in [1.165, 1.54) is 17.8 Å². The van der Waals surface area contributed by atoms with Crippen LogP contribution in [0.3, 0.4) is 0 Å². The van der Waals surface area contributed by atoms with Crippen molar-refractivity contribution >= 4 is 28.9 Å². The van der Waals surface area contributed by atoms with Crippen LogP contribution in [-0.2, 0) is 4.79 Å². The van der Waals surface area contributed by atoms with Gasteiger partial charge in [-0.2, -0.15) is 0 Å². The van der Waals surface area contributed by atoms with Crippen LogP contribution in [-0.4, -0.2) is 39.1 Å². The molecule has 2 aromatic heterocycles. The summed E-state index contributed by atoms with van der Waals surface area (Å²) in [6.07, 6.45) is 8.53. The van der Waals surface area contributed by atoms with Crippen LogP contribution in [0.1, 0.15) is 94.1 Å². The highest BCUT2D eigenvalue weighted by Gasteiger charge is 2.38. The number of aromatic nitrogens is 2. The second kappa shape index (κ2) is 12.4. The van der Waals surface area contributed by atoms with Gasteiger partial charge in [-0.1, -0.05) is 30.4 Å². The van der Waals surface area contributed by atoms with Crippen LogP contribution < -0.4 is 15.2 Å². The molecule has 1 saturated carbocycles. The number of aromatic amines is 1. The number of rotatable bonds is 6. The van der Waals surface area contributed by atoms with Gasteiger partial charge in [0, 0.05) is 29.6 Å². The van der Waals surface area contributed by atoms with Gasteiger partial charge in [-0.05, 0) is 84.6 Å². The Bertz CT molecular complexity index is 1380. The summed E-state index contributed by atoms with van der Waals surface area (Å²) in [5, 5.41) is 10.2. The molecule has 2 aromatic rings. The van der Waals surface area contributed by atoms with Crippen molar-refractivity contribution < 1.29 is 19.4 Å². The molecule has 0 aliphatic heterocycles. The zero-order chi connectivity index (χ0) is 29.0. The van der Waals surface area contributed by atoms with Crippen LogP contribution in [0.15, 0.2) is 34.8 Å². The van der Waals surface area contributed by atoms with Crippen molar-refractivity contribution in [2.24, 2.45) is 17.3 Å². The first kappa shape index (κ1) is 29.6. The van der Waals surface area contributed by atoms with Crippen LogP contribution >= 0.6 is 11.3 Å². The number of nitrogens with zero attached hydrogens (tertiary/aromatic N) is 2. The van der Waals surface area contributed by atoms with Crippen molar-refractivity contribution in [2.75, 3.05) is 4.90 Å². The molecule has 0 bridgehead atoms. The summed E-state index contributed by atoms with van der Waals surface area (Å²) in [7, 11) is 0. The smallest absolute Gasteiger partial charge is 0.348 e. The van der Waals surface area contributed by atoms with Gasteiger partial charge in [0.05, 0.1) is 10.6 Å². The molecule has 9 heteroatoms. The summed E-state index contributed by atoms with van der Waals surface area (Å²) in [6, 6.07) is 3.13. The van der Waals surface area contributed by atoms with Crippen molar-refractivity contribution in [3.8, 4) is 17.9 Å². The highest BCUT2D eigenvalue weighted by atomic mass is 32.1. The van der Waals surface area contributed by atoms with Crippen molar-refractivity contribution in [1.82, 2.24) is 9.97 Å². The first-order chi connectivity index (χ1) is 18.9. The van der Waals surface area contributed by atoms with Gasteiger partial charge in [-0.15, -0.1) is 11.3 Å². The van der Waals surface area contributed by atoms with Gasteiger partial charge in [-0.25, -0.2) is 9.78 Å². The third-order valence-electron chi connectivity index (χ3n) is 7.62. The summed E-state index contributed by atoms with van der Waals surface area (Å²) in [4.78, 5) is 47.7. The Morgan fingerprint density at radius 2 is 1.93 bits per heavy atom. The quantitative estimate of drug-likeness (QED) is 0.327. The third-order valence-corrected chi connectivity index (χ3v) is 8.65. The average molecular weight is 566 g/mol. The maximum Gasteiger partial charge on any atom is 0.348 e.